The normalized spacial score (nSPS) is 11.1. The lowest BCUT2D eigenvalue weighted by Gasteiger charge is -2.20. The van der Waals surface area contributed by atoms with Crippen molar-refractivity contribution in [1.29, 1.82) is 0 Å². The van der Waals surface area contributed by atoms with Gasteiger partial charge in [-0.05, 0) is 31.5 Å². The number of ketones is 1. The summed E-state index contributed by atoms with van der Waals surface area (Å²) in [7, 11) is 0. The number of aryl methyl sites for hydroxylation is 1. The maximum absolute atomic E-state index is 14.2. The number of rotatable bonds is 7. The minimum absolute atomic E-state index is 0.0285. The third-order valence-electron chi connectivity index (χ3n) is 4.77. The maximum Gasteiger partial charge on any atom is 0.260 e. The number of imidazole rings is 1. The molecule has 0 saturated carbocycles. The Labute approximate surface area is 180 Å². The summed E-state index contributed by atoms with van der Waals surface area (Å²) >= 11 is 1.05. The van der Waals surface area contributed by atoms with Crippen LogP contribution in [0.5, 0.6) is 0 Å². The number of thiazole rings is 1. The van der Waals surface area contributed by atoms with Gasteiger partial charge in [-0.3, -0.25) is 14.5 Å². The highest BCUT2D eigenvalue weighted by Gasteiger charge is 2.22. The summed E-state index contributed by atoms with van der Waals surface area (Å²) in [5, 5.41) is 0.283. The van der Waals surface area contributed by atoms with E-state index in [1.165, 1.54) is 17.9 Å². The van der Waals surface area contributed by atoms with E-state index in [4.69, 9.17) is 0 Å². The number of halogens is 2. The molecular formula is C22H18F2N4O2S. The molecule has 4 rings (SSSR count). The molecule has 0 spiro atoms. The van der Waals surface area contributed by atoms with Crippen molar-refractivity contribution in [3.63, 3.8) is 0 Å². The van der Waals surface area contributed by atoms with E-state index in [0.29, 0.717) is 35.3 Å². The molecule has 0 radical (unpaired) electrons. The molecule has 31 heavy (non-hydrogen) atoms. The van der Waals surface area contributed by atoms with Gasteiger partial charge >= 0.3 is 0 Å². The molecule has 4 aromatic rings. The number of nitrogens with zero attached hydrogens (tertiary/aromatic N) is 4. The van der Waals surface area contributed by atoms with Crippen LogP contribution < -0.4 is 4.90 Å². The molecule has 2 aromatic carbocycles. The van der Waals surface area contributed by atoms with Crippen molar-refractivity contribution in [3.8, 4) is 0 Å². The van der Waals surface area contributed by atoms with Gasteiger partial charge in [0.2, 0.25) is 0 Å². The summed E-state index contributed by atoms with van der Waals surface area (Å²) in [6.45, 7) is 2.39. The van der Waals surface area contributed by atoms with Gasteiger partial charge in [-0.1, -0.05) is 23.5 Å². The van der Waals surface area contributed by atoms with Crippen LogP contribution in [0.4, 0.5) is 13.9 Å². The number of hydrogen-bond acceptors (Lipinski definition) is 5. The predicted octanol–water partition coefficient (Wildman–Crippen LogP) is 4.71. The van der Waals surface area contributed by atoms with Gasteiger partial charge in [0.1, 0.15) is 11.3 Å². The fourth-order valence-electron chi connectivity index (χ4n) is 3.18. The fourth-order valence-corrected chi connectivity index (χ4v) is 4.21. The smallest absolute Gasteiger partial charge is 0.260 e. The average molecular weight is 440 g/mol. The number of aromatic nitrogens is 3. The third kappa shape index (κ3) is 4.51. The zero-order valence-corrected chi connectivity index (χ0v) is 17.4. The lowest BCUT2D eigenvalue weighted by molar-refractivity contribution is 0.0982. The molecule has 158 valence electrons. The Morgan fingerprint density at radius 2 is 1.87 bits per heavy atom. The Morgan fingerprint density at radius 3 is 2.55 bits per heavy atom. The molecule has 0 aliphatic rings. The van der Waals surface area contributed by atoms with E-state index < -0.39 is 11.6 Å². The quantitative estimate of drug-likeness (QED) is 0.390. The summed E-state index contributed by atoms with van der Waals surface area (Å²) in [6, 6.07) is 8.32. The Hall–Kier alpha value is -3.46. The summed E-state index contributed by atoms with van der Waals surface area (Å²) in [4.78, 5) is 34.5. The minimum Gasteiger partial charge on any atom is -0.337 e. The number of benzene rings is 2. The number of fused-ring (bicyclic) bond motifs is 1. The summed E-state index contributed by atoms with van der Waals surface area (Å²) in [5.74, 6) is -1.90. The van der Waals surface area contributed by atoms with Gasteiger partial charge in [-0.25, -0.2) is 18.7 Å². The molecule has 0 N–H and O–H groups in total. The van der Waals surface area contributed by atoms with Crippen LogP contribution in [0.1, 0.15) is 34.1 Å². The molecule has 9 heteroatoms. The van der Waals surface area contributed by atoms with Crippen LogP contribution in [0.15, 0.2) is 55.1 Å². The standard InChI is InChI=1S/C22H18F2N4O2S/c1-14(29)15-3-5-16(6-4-15)21(30)28(9-2-8-27-10-7-25-13-27)22-26-20-18(24)11-17(23)12-19(20)31-22/h3-7,10-13H,2,8-9H2,1H3. The van der Waals surface area contributed by atoms with Crippen LogP contribution >= 0.6 is 11.3 Å². The predicted molar refractivity (Wildman–Crippen MR) is 115 cm³/mol. The van der Waals surface area contributed by atoms with Crippen LogP contribution in [0.3, 0.4) is 0 Å². The minimum atomic E-state index is -0.769. The SMILES string of the molecule is CC(=O)c1ccc(C(=O)N(CCCn2ccnc2)c2nc3c(F)cc(F)cc3s2)cc1. The molecule has 2 aromatic heterocycles. The van der Waals surface area contributed by atoms with Gasteiger partial charge in [0.25, 0.3) is 5.91 Å². The number of amides is 1. The van der Waals surface area contributed by atoms with Crippen LogP contribution in [-0.2, 0) is 6.54 Å². The molecule has 1 amide bonds. The number of hydrogen-bond donors (Lipinski definition) is 0. The van der Waals surface area contributed by atoms with Crippen molar-refractivity contribution in [3.05, 3.63) is 77.9 Å². The number of carbonyl (C=O) groups is 2. The highest BCUT2D eigenvalue weighted by atomic mass is 32.1. The molecule has 0 bridgehead atoms. The van der Waals surface area contributed by atoms with Crippen LogP contribution in [-0.4, -0.2) is 32.8 Å². The number of carbonyl (C=O) groups excluding carboxylic acids is 2. The van der Waals surface area contributed by atoms with E-state index in [-0.39, 0.29) is 22.3 Å². The first-order valence-electron chi connectivity index (χ1n) is 9.56. The first-order chi connectivity index (χ1) is 14.9. The Balaban J connectivity index is 1.65. The number of Topliss-reactive ketones (excluding diaryl/α,β-unsaturated/α-hetero) is 1. The first-order valence-corrected chi connectivity index (χ1v) is 10.4. The molecule has 0 atom stereocenters. The van der Waals surface area contributed by atoms with Gasteiger partial charge in [0.15, 0.2) is 16.7 Å². The van der Waals surface area contributed by atoms with Crippen LogP contribution in [0, 0.1) is 11.6 Å². The van der Waals surface area contributed by atoms with E-state index in [1.54, 1.807) is 36.8 Å². The summed E-state index contributed by atoms with van der Waals surface area (Å²) < 4.78 is 30.0. The van der Waals surface area contributed by atoms with Crippen molar-refractivity contribution in [1.82, 2.24) is 14.5 Å². The van der Waals surface area contributed by atoms with Crippen molar-refractivity contribution in [2.24, 2.45) is 0 Å². The Morgan fingerprint density at radius 1 is 1.13 bits per heavy atom. The molecule has 0 saturated heterocycles. The second kappa shape index (κ2) is 8.73. The molecule has 0 aliphatic heterocycles. The lowest BCUT2D eigenvalue weighted by Crippen LogP contribution is -2.32. The fraction of sp³-hybridized carbons (Fsp3) is 0.182. The molecule has 6 nitrogen and oxygen atoms in total. The second-order valence-corrected chi connectivity index (χ2v) is 7.98. The van der Waals surface area contributed by atoms with Gasteiger partial charge in [0, 0.05) is 42.7 Å². The maximum atomic E-state index is 14.2. The zero-order valence-electron chi connectivity index (χ0n) is 16.6. The lowest BCUT2D eigenvalue weighted by atomic mass is 10.1. The van der Waals surface area contributed by atoms with E-state index >= 15 is 0 Å². The van der Waals surface area contributed by atoms with Crippen molar-refractivity contribution >= 4 is 38.4 Å². The van der Waals surface area contributed by atoms with Gasteiger partial charge in [0.05, 0.1) is 11.0 Å². The summed E-state index contributed by atoms with van der Waals surface area (Å²) in [5.41, 5.74) is 0.903. The van der Waals surface area contributed by atoms with Crippen molar-refractivity contribution in [2.45, 2.75) is 19.9 Å². The highest BCUT2D eigenvalue weighted by Crippen LogP contribution is 2.32. The molecule has 0 fully saturated rings. The van der Waals surface area contributed by atoms with E-state index in [0.717, 1.165) is 17.4 Å². The second-order valence-electron chi connectivity index (χ2n) is 6.98. The zero-order chi connectivity index (χ0) is 22.0. The number of anilines is 1. The molecule has 0 unspecified atom stereocenters. The van der Waals surface area contributed by atoms with Crippen LogP contribution in [0.2, 0.25) is 0 Å². The third-order valence-corrected chi connectivity index (χ3v) is 5.80. The van der Waals surface area contributed by atoms with E-state index in [9.17, 15) is 18.4 Å². The Kier molecular flexibility index (Phi) is 5.85. The van der Waals surface area contributed by atoms with Crippen LogP contribution in [0.25, 0.3) is 10.2 Å². The first kappa shape index (κ1) is 20.8. The molecule has 0 aliphatic carbocycles. The van der Waals surface area contributed by atoms with E-state index in [1.807, 2.05) is 10.8 Å². The topological polar surface area (TPSA) is 68.1 Å². The van der Waals surface area contributed by atoms with E-state index in [2.05, 4.69) is 9.97 Å². The van der Waals surface area contributed by atoms with Gasteiger partial charge < -0.3 is 4.57 Å². The largest absolute Gasteiger partial charge is 0.337 e. The highest BCUT2D eigenvalue weighted by molar-refractivity contribution is 7.22. The Bertz CT molecular complexity index is 1240. The monoisotopic (exact) mass is 440 g/mol. The van der Waals surface area contributed by atoms with Crippen molar-refractivity contribution in [2.75, 3.05) is 11.4 Å². The van der Waals surface area contributed by atoms with Gasteiger partial charge in [-0.15, -0.1) is 0 Å². The molecule has 2 heterocycles. The molecular weight excluding hydrogens is 422 g/mol. The van der Waals surface area contributed by atoms with Crippen molar-refractivity contribution < 1.29 is 18.4 Å². The average Bonchev–Trinajstić information content (AvgIpc) is 3.40. The summed E-state index contributed by atoms with van der Waals surface area (Å²) in [6.07, 6.45) is 5.77. The van der Waals surface area contributed by atoms with Gasteiger partial charge in [-0.2, -0.15) is 0 Å².